The Balaban J connectivity index is 1.41. The smallest absolute Gasteiger partial charge is 0.319 e. The van der Waals surface area contributed by atoms with Crippen LogP contribution in [0.25, 0.3) is 0 Å². The van der Waals surface area contributed by atoms with Crippen LogP contribution >= 0.6 is 0 Å². The fourth-order valence-corrected chi connectivity index (χ4v) is 5.04. The zero-order chi connectivity index (χ0) is 22.1. The van der Waals surface area contributed by atoms with Crippen molar-refractivity contribution in [1.82, 2.24) is 9.80 Å². The number of rotatable bonds is 10. The standard InChI is InChI=1S/C27H32F2N2O/c28-23(21-7-3-1-4-8-21)15-25-26(16-24(29)22-9-5-2-6-10-22)31(18-20-13-14-20)27(32)30(25)17-19-11-12-19/h1-10,19-20,23-26H,11-18H2. The summed E-state index contributed by atoms with van der Waals surface area (Å²) >= 11 is 0. The summed E-state index contributed by atoms with van der Waals surface area (Å²) in [5.41, 5.74) is 1.26. The van der Waals surface area contributed by atoms with Crippen molar-refractivity contribution < 1.29 is 13.6 Å². The molecule has 2 aliphatic carbocycles. The first-order valence-corrected chi connectivity index (χ1v) is 12.1. The summed E-state index contributed by atoms with van der Waals surface area (Å²) in [7, 11) is 0. The van der Waals surface area contributed by atoms with Crippen LogP contribution < -0.4 is 0 Å². The van der Waals surface area contributed by atoms with Gasteiger partial charge in [0.1, 0.15) is 12.3 Å². The van der Waals surface area contributed by atoms with E-state index in [0.717, 1.165) is 25.7 Å². The number of alkyl halides is 2. The number of benzene rings is 2. The van der Waals surface area contributed by atoms with Gasteiger partial charge in [-0.05, 0) is 48.6 Å². The van der Waals surface area contributed by atoms with Crippen molar-refractivity contribution in [3.8, 4) is 0 Å². The maximum Gasteiger partial charge on any atom is 0.320 e. The highest BCUT2D eigenvalue weighted by Crippen LogP contribution is 2.42. The highest BCUT2D eigenvalue weighted by molar-refractivity contribution is 5.78. The summed E-state index contributed by atoms with van der Waals surface area (Å²) < 4.78 is 30.9. The third-order valence-electron chi connectivity index (χ3n) is 7.26. The van der Waals surface area contributed by atoms with Gasteiger partial charge in [0.2, 0.25) is 0 Å². The zero-order valence-corrected chi connectivity index (χ0v) is 18.5. The van der Waals surface area contributed by atoms with Crippen LogP contribution in [-0.2, 0) is 0 Å². The molecule has 2 aromatic carbocycles. The van der Waals surface area contributed by atoms with Gasteiger partial charge in [-0.15, -0.1) is 0 Å². The fourth-order valence-electron chi connectivity index (χ4n) is 5.04. The van der Waals surface area contributed by atoms with Crippen LogP contribution in [0.15, 0.2) is 60.7 Å². The summed E-state index contributed by atoms with van der Waals surface area (Å²) in [4.78, 5) is 17.3. The van der Waals surface area contributed by atoms with Gasteiger partial charge in [-0.2, -0.15) is 0 Å². The summed E-state index contributed by atoms with van der Waals surface area (Å²) in [6.07, 6.45) is 2.58. The van der Waals surface area contributed by atoms with E-state index in [4.69, 9.17) is 0 Å². The van der Waals surface area contributed by atoms with E-state index in [1.165, 1.54) is 0 Å². The fraction of sp³-hybridized carbons (Fsp3) is 0.519. The number of carbonyl (C=O) groups is 1. The van der Waals surface area contributed by atoms with E-state index in [0.29, 0.717) is 36.1 Å². The second kappa shape index (κ2) is 9.21. The van der Waals surface area contributed by atoms with E-state index >= 15 is 8.78 Å². The van der Waals surface area contributed by atoms with Gasteiger partial charge in [-0.3, -0.25) is 0 Å². The second-order valence-electron chi connectivity index (χ2n) is 9.84. The molecule has 1 heterocycles. The lowest BCUT2D eigenvalue weighted by Gasteiger charge is -2.30. The van der Waals surface area contributed by atoms with E-state index in [9.17, 15) is 4.79 Å². The molecular formula is C27H32F2N2O. The van der Waals surface area contributed by atoms with Crippen LogP contribution in [-0.4, -0.2) is 41.0 Å². The predicted molar refractivity (Wildman–Crippen MR) is 122 cm³/mol. The summed E-state index contributed by atoms with van der Waals surface area (Å²) in [6, 6.07) is 17.7. The molecule has 0 bridgehead atoms. The maximum absolute atomic E-state index is 15.4. The lowest BCUT2D eigenvalue weighted by Crippen LogP contribution is -2.40. The van der Waals surface area contributed by atoms with Gasteiger partial charge in [0.05, 0.1) is 12.1 Å². The number of halogens is 2. The molecule has 5 rings (SSSR count). The van der Waals surface area contributed by atoms with Gasteiger partial charge in [0.15, 0.2) is 0 Å². The summed E-state index contributed by atoms with van der Waals surface area (Å²) in [6.45, 7) is 1.34. The predicted octanol–water partition coefficient (Wildman–Crippen LogP) is 6.48. The normalized spacial score (nSPS) is 25.2. The van der Waals surface area contributed by atoms with Crippen molar-refractivity contribution in [2.45, 2.75) is 63.0 Å². The SMILES string of the molecule is O=C1N(CC2CC2)C(CC(F)c2ccccc2)C(CC(F)c2ccccc2)N1CC1CC1. The molecule has 170 valence electrons. The first kappa shape index (κ1) is 21.4. The summed E-state index contributed by atoms with van der Waals surface area (Å²) in [5, 5.41) is 0. The quantitative estimate of drug-likeness (QED) is 0.416. The molecule has 0 spiro atoms. The molecule has 0 N–H and O–H groups in total. The van der Waals surface area contributed by atoms with Gasteiger partial charge >= 0.3 is 6.03 Å². The number of amides is 2. The van der Waals surface area contributed by atoms with Crippen molar-refractivity contribution >= 4 is 6.03 Å². The molecule has 1 saturated heterocycles. The van der Waals surface area contributed by atoms with E-state index in [1.807, 2.05) is 46.2 Å². The Kier molecular flexibility index (Phi) is 6.16. The van der Waals surface area contributed by atoms with Gasteiger partial charge in [0, 0.05) is 25.9 Å². The van der Waals surface area contributed by atoms with Gasteiger partial charge in [-0.1, -0.05) is 60.7 Å². The Morgan fingerprint density at radius 2 is 1.06 bits per heavy atom. The molecular weight excluding hydrogens is 406 g/mol. The topological polar surface area (TPSA) is 23.6 Å². The molecule has 4 atom stereocenters. The van der Waals surface area contributed by atoms with Crippen molar-refractivity contribution in [3.63, 3.8) is 0 Å². The molecule has 32 heavy (non-hydrogen) atoms. The largest absolute Gasteiger partial charge is 0.320 e. The van der Waals surface area contributed by atoms with Crippen molar-refractivity contribution in [2.75, 3.05) is 13.1 Å². The number of nitrogens with zero attached hydrogens (tertiary/aromatic N) is 2. The molecule has 3 aliphatic rings. The molecule has 0 aromatic heterocycles. The van der Waals surface area contributed by atoms with Crippen LogP contribution in [0.4, 0.5) is 13.6 Å². The van der Waals surface area contributed by atoms with Crippen LogP contribution in [0.3, 0.4) is 0 Å². The molecule has 4 unspecified atom stereocenters. The maximum atomic E-state index is 15.4. The zero-order valence-electron chi connectivity index (χ0n) is 18.5. The Hall–Kier alpha value is -2.43. The third kappa shape index (κ3) is 4.82. The van der Waals surface area contributed by atoms with E-state index < -0.39 is 12.3 Å². The van der Waals surface area contributed by atoms with E-state index in [1.54, 1.807) is 24.3 Å². The monoisotopic (exact) mass is 438 g/mol. The molecule has 5 heteroatoms. The van der Waals surface area contributed by atoms with E-state index in [2.05, 4.69) is 0 Å². The average Bonchev–Trinajstić information content (AvgIpc) is 3.74. The van der Waals surface area contributed by atoms with Gasteiger partial charge in [0.25, 0.3) is 0 Å². The highest BCUT2D eigenvalue weighted by atomic mass is 19.1. The summed E-state index contributed by atoms with van der Waals surface area (Å²) in [5.74, 6) is 1.01. The minimum absolute atomic E-state index is 0.0145. The number of hydrogen-bond donors (Lipinski definition) is 0. The molecule has 2 amide bonds. The minimum atomic E-state index is -1.17. The Morgan fingerprint density at radius 1 is 0.688 bits per heavy atom. The van der Waals surface area contributed by atoms with Crippen LogP contribution in [0.5, 0.6) is 0 Å². The average molecular weight is 439 g/mol. The van der Waals surface area contributed by atoms with Crippen LogP contribution in [0, 0.1) is 11.8 Å². The molecule has 2 aromatic rings. The van der Waals surface area contributed by atoms with Gasteiger partial charge < -0.3 is 9.80 Å². The number of urea groups is 1. The van der Waals surface area contributed by atoms with E-state index in [-0.39, 0.29) is 31.0 Å². The molecule has 1 aliphatic heterocycles. The lowest BCUT2D eigenvalue weighted by molar-refractivity contribution is 0.158. The number of hydrogen-bond acceptors (Lipinski definition) is 1. The van der Waals surface area contributed by atoms with Crippen LogP contribution in [0.2, 0.25) is 0 Å². The lowest BCUT2D eigenvalue weighted by atomic mass is 9.92. The van der Waals surface area contributed by atoms with Crippen molar-refractivity contribution in [2.24, 2.45) is 11.8 Å². The molecule has 3 fully saturated rings. The Labute approximate surface area is 189 Å². The minimum Gasteiger partial charge on any atom is -0.319 e. The molecule has 0 radical (unpaired) electrons. The third-order valence-corrected chi connectivity index (χ3v) is 7.26. The number of carbonyl (C=O) groups excluding carboxylic acids is 1. The second-order valence-corrected chi connectivity index (χ2v) is 9.84. The first-order valence-electron chi connectivity index (χ1n) is 12.1. The van der Waals surface area contributed by atoms with Crippen molar-refractivity contribution in [3.05, 3.63) is 71.8 Å². The Morgan fingerprint density at radius 3 is 1.41 bits per heavy atom. The van der Waals surface area contributed by atoms with Crippen molar-refractivity contribution in [1.29, 1.82) is 0 Å². The Bertz CT molecular complexity index is 827. The first-order chi connectivity index (χ1) is 15.6. The molecule has 3 nitrogen and oxygen atoms in total. The van der Waals surface area contributed by atoms with Crippen LogP contribution in [0.1, 0.15) is 62.0 Å². The van der Waals surface area contributed by atoms with Gasteiger partial charge in [-0.25, -0.2) is 13.6 Å². The highest BCUT2D eigenvalue weighted by Gasteiger charge is 2.49. The molecule has 2 saturated carbocycles.